The maximum atomic E-state index is 12.7. The standard InChI is InChI=1S/C25H34ClN3O3/c26-20-9-4-3-8-18(20)17-23-25(31)28-21-16-19(10-11-22(21)32-23)24(30)27-12-7-15-29-13-5-1-2-6-14-29/h3-4,8-9,17,19,21-22H,1-2,5-7,10-16H2,(H,27,30)(H,28,31)/b23-17-. The number of benzene rings is 1. The highest BCUT2D eigenvalue weighted by Gasteiger charge is 2.40. The maximum absolute atomic E-state index is 12.7. The molecule has 0 bridgehead atoms. The van der Waals surface area contributed by atoms with E-state index in [0.717, 1.165) is 31.4 Å². The molecule has 2 saturated heterocycles. The molecule has 0 aromatic heterocycles. The first-order chi connectivity index (χ1) is 15.6. The number of hydrogen-bond acceptors (Lipinski definition) is 4. The summed E-state index contributed by atoms with van der Waals surface area (Å²) in [6, 6.07) is 7.23. The molecule has 2 heterocycles. The average molecular weight is 460 g/mol. The Labute approximate surface area is 195 Å². The van der Waals surface area contributed by atoms with Crippen molar-refractivity contribution in [2.45, 2.75) is 63.5 Å². The predicted octanol–water partition coefficient (Wildman–Crippen LogP) is 3.75. The van der Waals surface area contributed by atoms with Gasteiger partial charge in [0.15, 0.2) is 5.76 Å². The summed E-state index contributed by atoms with van der Waals surface area (Å²) < 4.78 is 6.02. The zero-order valence-corrected chi connectivity index (χ0v) is 19.4. The summed E-state index contributed by atoms with van der Waals surface area (Å²) in [5.74, 6) is 0.0684. The molecule has 1 aliphatic carbocycles. The molecule has 32 heavy (non-hydrogen) atoms. The third-order valence-electron chi connectivity index (χ3n) is 6.82. The smallest absolute Gasteiger partial charge is 0.286 e. The van der Waals surface area contributed by atoms with Gasteiger partial charge in [0.1, 0.15) is 6.10 Å². The van der Waals surface area contributed by atoms with E-state index < -0.39 is 0 Å². The lowest BCUT2D eigenvalue weighted by Crippen LogP contribution is -2.54. The number of nitrogens with zero attached hydrogens (tertiary/aromatic N) is 1. The molecule has 1 aromatic carbocycles. The minimum Gasteiger partial charge on any atom is -0.483 e. The van der Waals surface area contributed by atoms with Crippen molar-refractivity contribution >= 4 is 29.5 Å². The van der Waals surface area contributed by atoms with Crippen LogP contribution in [0, 0.1) is 5.92 Å². The fourth-order valence-electron chi connectivity index (χ4n) is 4.98. The van der Waals surface area contributed by atoms with Gasteiger partial charge in [-0.1, -0.05) is 42.6 Å². The minimum atomic E-state index is -0.246. The highest BCUT2D eigenvalue weighted by Crippen LogP contribution is 2.32. The number of hydrogen-bond donors (Lipinski definition) is 2. The van der Waals surface area contributed by atoms with E-state index in [2.05, 4.69) is 15.5 Å². The largest absolute Gasteiger partial charge is 0.483 e. The second-order valence-corrected chi connectivity index (χ2v) is 9.58. The molecule has 3 unspecified atom stereocenters. The van der Waals surface area contributed by atoms with Gasteiger partial charge >= 0.3 is 0 Å². The van der Waals surface area contributed by atoms with Gasteiger partial charge in [-0.05, 0) is 75.9 Å². The number of carbonyl (C=O) groups excluding carboxylic acids is 2. The fourth-order valence-corrected chi connectivity index (χ4v) is 5.17. The molecule has 6 nitrogen and oxygen atoms in total. The number of likely N-dealkylation sites (tertiary alicyclic amines) is 1. The molecular formula is C25H34ClN3O3. The molecule has 2 N–H and O–H groups in total. The molecule has 3 atom stereocenters. The summed E-state index contributed by atoms with van der Waals surface area (Å²) in [6.07, 6.45) is 9.98. The van der Waals surface area contributed by atoms with E-state index in [1.807, 2.05) is 18.2 Å². The van der Waals surface area contributed by atoms with Gasteiger partial charge in [-0.25, -0.2) is 0 Å². The number of fused-ring (bicyclic) bond motifs is 1. The quantitative estimate of drug-likeness (QED) is 0.502. The number of rotatable bonds is 6. The number of nitrogens with one attached hydrogen (secondary N) is 2. The van der Waals surface area contributed by atoms with Gasteiger partial charge in [0.2, 0.25) is 5.91 Å². The van der Waals surface area contributed by atoms with Crippen LogP contribution in [0.25, 0.3) is 6.08 Å². The van der Waals surface area contributed by atoms with Crippen LogP contribution in [0.15, 0.2) is 30.0 Å². The van der Waals surface area contributed by atoms with Crippen LogP contribution in [-0.2, 0) is 14.3 Å². The Morgan fingerprint density at radius 1 is 1.19 bits per heavy atom. The van der Waals surface area contributed by atoms with Crippen molar-refractivity contribution in [3.05, 3.63) is 40.6 Å². The first-order valence-electron chi connectivity index (χ1n) is 12.0. The zero-order chi connectivity index (χ0) is 22.3. The summed E-state index contributed by atoms with van der Waals surface area (Å²) >= 11 is 6.21. The summed E-state index contributed by atoms with van der Waals surface area (Å²) in [7, 11) is 0. The first kappa shape index (κ1) is 23.1. The van der Waals surface area contributed by atoms with Crippen LogP contribution in [0.5, 0.6) is 0 Å². The van der Waals surface area contributed by atoms with Crippen LogP contribution in [-0.4, -0.2) is 55.0 Å². The molecule has 0 spiro atoms. The number of amides is 2. The predicted molar refractivity (Wildman–Crippen MR) is 126 cm³/mol. The summed E-state index contributed by atoms with van der Waals surface area (Å²) in [5, 5.41) is 6.74. The van der Waals surface area contributed by atoms with E-state index in [1.165, 1.54) is 38.8 Å². The van der Waals surface area contributed by atoms with Gasteiger partial charge in [-0.2, -0.15) is 0 Å². The molecule has 4 rings (SSSR count). The van der Waals surface area contributed by atoms with Crippen molar-refractivity contribution in [3.63, 3.8) is 0 Å². The van der Waals surface area contributed by atoms with Crippen LogP contribution in [0.2, 0.25) is 5.02 Å². The topological polar surface area (TPSA) is 70.7 Å². The molecule has 3 aliphatic rings. The summed E-state index contributed by atoms with van der Waals surface area (Å²) in [6.45, 7) is 4.14. The lowest BCUT2D eigenvalue weighted by Gasteiger charge is -2.39. The van der Waals surface area contributed by atoms with E-state index in [9.17, 15) is 9.59 Å². The number of ether oxygens (including phenoxy) is 1. The molecular weight excluding hydrogens is 426 g/mol. The summed E-state index contributed by atoms with van der Waals surface area (Å²) in [4.78, 5) is 27.8. The third-order valence-corrected chi connectivity index (χ3v) is 7.16. The van der Waals surface area contributed by atoms with E-state index >= 15 is 0 Å². The van der Waals surface area contributed by atoms with Crippen molar-refractivity contribution in [2.24, 2.45) is 5.92 Å². The van der Waals surface area contributed by atoms with Gasteiger partial charge in [0.05, 0.1) is 6.04 Å². The van der Waals surface area contributed by atoms with Crippen LogP contribution < -0.4 is 10.6 Å². The first-order valence-corrected chi connectivity index (χ1v) is 12.4. The fraction of sp³-hybridized carbons (Fsp3) is 0.600. The molecule has 0 radical (unpaired) electrons. The highest BCUT2D eigenvalue weighted by atomic mass is 35.5. The Balaban J connectivity index is 1.23. The second-order valence-electron chi connectivity index (χ2n) is 9.18. The average Bonchev–Trinajstić information content (AvgIpc) is 3.07. The lowest BCUT2D eigenvalue weighted by atomic mass is 9.82. The van der Waals surface area contributed by atoms with Crippen molar-refractivity contribution in [1.29, 1.82) is 0 Å². The van der Waals surface area contributed by atoms with Crippen LogP contribution >= 0.6 is 11.6 Å². The van der Waals surface area contributed by atoms with Crippen molar-refractivity contribution < 1.29 is 14.3 Å². The van der Waals surface area contributed by atoms with E-state index in [-0.39, 0.29) is 35.6 Å². The molecule has 1 saturated carbocycles. The molecule has 7 heteroatoms. The van der Waals surface area contributed by atoms with Crippen LogP contribution in [0.1, 0.15) is 56.9 Å². The molecule has 2 aliphatic heterocycles. The summed E-state index contributed by atoms with van der Waals surface area (Å²) in [5.41, 5.74) is 0.756. The minimum absolute atomic E-state index is 0.0764. The van der Waals surface area contributed by atoms with Gasteiger partial charge < -0.3 is 20.3 Å². The highest BCUT2D eigenvalue weighted by molar-refractivity contribution is 6.32. The Morgan fingerprint density at radius 2 is 1.97 bits per heavy atom. The Kier molecular flexibility index (Phi) is 8.09. The van der Waals surface area contributed by atoms with Crippen molar-refractivity contribution in [3.8, 4) is 0 Å². The van der Waals surface area contributed by atoms with Crippen LogP contribution in [0.4, 0.5) is 0 Å². The lowest BCUT2D eigenvalue weighted by molar-refractivity contribution is -0.134. The van der Waals surface area contributed by atoms with Crippen molar-refractivity contribution in [1.82, 2.24) is 15.5 Å². The van der Waals surface area contributed by atoms with Gasteiger partial charge in [-0.15, -0.1) is 0 Å². The number of halogens is 1. The molecule has 3 fully saturated rings. The molecule has 1 aromatic rings. The molecule has 174 valence electrons. The molecule has 2 amide bonds. The van der Waals surface area contributed by atoms with Crippen molar-refractivity contribution in [2.75, 3.05) is 26.2 Å². The third kappa shape index (κ3) is 6.04. The Hall–Kier alpha value is -2.05. The number of carbonyl (C=O) groups is 2. The SMILES string of the molecule is O=C1NC2CC(C(=O)NCCCN3CCCCCC3)CCC2O/C1=C\c1ccccc1Cl. The number of morpholine rings is 1. The normalized spacial score (nSPS) is 27.7. The monoisotopic (exact) mass is 459 g/mol. The van der Waals surface area contributed by atoms with E-state index in [4.69, 9.17) is 16.3 Å². The zero-order valence-electron chi connectivity index (χ0n) is 18.7. The van der Waals surface area contributed by atoms with E-state index in [1.54, 1.807) is 12.1 Å². The van der Waals surface area contributed by atoms with E-state index in [0.29, 0.717) is 18.0 Å². The second kappa shape index (κ2) is 11.2. The Morgan fingerprint density at radius 3 is 2.75 bits per heavy atom. The maximum Gasteiger partial charge on any atom is 0.286 e. The van der Waals surface area contributed by atoms with Gasteiger partial charge in [0, 0.05) is 17.5 Å². The Bertz CT molecular complexity index is 835. The van der Waals surface area contributed by atoms with Crippen LogP contribution in [0.3, 0.4) is 0 Å². The van der Waals surface area contributed by atoms with Gasteiger partial charge in [0.25, 0.3) is 5.91 Å². The van der Waals surface area contributed by atoms with Gasteiger partial charge in [-0.3, -0.25) is 9.59 Å².